The second-order valence-electron chi connectivity index (χ2n) is 6.31. The highest BCUT2D eigenvalue weighted by Gasteiger charge is 2.21. The summed E-state index contributed by atoms with van der Waals surface area (Å²) in [6.07, 6.45) is -0.440. The molecule has 0 radical (unpaired) electrons. The Morgan fingerprint density at radius 2 is 1.95 bits per heavy atom. The molecule has 0 N–H and O–H groups in total. The lowest BCUT2D eigenvalue weighted by atomic mass is 10.2. The average molecular weight is 315 g/mol. The molecule has 0 saturated carbocycles. The van der Waals surface area contributed by atoms with Crippen LogP contribution in [0.4, 0.5) is 4.79 Å². The zero-order valence-corrected chi connectivity index (χ0v) is 14.2. The first kappa shape index (κ1) is 17.6. The van der Waals surface area contributed by atoms with Gasteiger partial charge in [-0.2, -0.15) is 0 Å². The largest absolute Gasteiger partial charge is 0.444 e. The third kappa shape index (κ3) is 5.08. The molecule has 0 fully saturated rings. The molecule has 6 heteroatoms. The number of ether oxygens (including phenoxy) is 1. The first-order chi connectivity index (χ1) is 9.51. The number of aromatic nitrogens is 1. The Hall–Kier alpha value is -1.49. The molecule has 1 rings (SSSR count). The SMILES string of the molecule is CC(C)n1c(Cl)cc(=O)cc1CN(C)C(=O)OC(C)(C)C. The smallest absolute Gasteiger partial charge is 0.410 e. The minimum atomic E-state index is -0.558. The molecule has 5 nitrogen and oxygen atoms in total. The van der Waals surface area contributed by atoms with E-state index >= 15 is 0 Å². The van der Waals surface area contributed by atoms with E-state index < -0.39 is 11.7 Å². The molecular formula is C15H23ClN2O3. The van der Waals surface area contributed by atoms with Crippen molar-refractivity contribution in [3.63, 3.8) is 0 Å². The van der Waals surface area contributed by atoms with E-state index in [1.165, 1.54) is 17.0 Å². The molecule has 0 bridgehead atoms. The molecule has 21 heavy (non-hydrogen) atoms. The second-order valence-corrected chi connectivity index (χ2v) is 6.69. The number of halogens is 1. The minimum Gasteiger partial charge on any atom is -0.444 e. The maximum absolute atomic E-state index is 12.0. The summed E-state index contributed by atoms with van der Waals surface area (Å²) in [5.41, 5.74) is -0.0578. The van der Waals surface area contributed by atoms with E-state index in [1.54, 1.807) is 7.05 Å². The average Bonchev–Trinajstić information content (AvgIpc) is 2.24. The van der Waals surface area contributed by atoms with Crippen LogP contribution in [0.25, 0.3) is 0 Å². The van der Waals surface area contributed by atoms with Gasteiger partial charge in [0.15, 0.2) is 5.43 Å². The van der Waals surface area contributed by atoms with Gasteiger partial charge >= 0.3 is 6.09 Å². The zero-order valence-electron chi connectivity index (χ0n) is 13.4. The van der Waals surface area contributed by atoms with Crippen molar-refractivity contribution in [2.75, 3.05) is 7.05 Å². The predicted octanol–water partition coefficient (Wildman–Crippen LogP) is 3.45. The normalized spacial score (nSPS) is 11.6. The van der Waals surface area contributed by atoms with Crippen molar-refractivity contribution in [1.29, 1.82) is 0 Å². The number of carbonyl (C=O) groups is 1. The number of rotatable bonds is 3. The first-order valence-corrected chi connectivity index (χ1v) is 7.24. The van der Waals surface area contributed by atoms with Crippen LogP contribution < -0.4 is 5.43 Å². The third-order valence-corrected chi connectivity index (χ3v) is 3.02. The summed E-state index contributed by atoms with van der Waals surface area (Å²) in [5, 5.41) is 0.366. The van der Waals surface area contributed by atoms with Gasteiger partial charge in [0.2, 0.25) is 0 Å². The van der Waals surface area contributed by atoms with Gasteiger partial charge in [0, 0.05) is 30.9 Å². The van der Waals surface area contributed by atoms with Crippen LogP contribution in [-0.4, -0.2) is 28.2 Å². The molecule has 0 aliphatic heterocycles. The first-order valence-electron chi connectivity index (χ1n) is 6.86. The number of amides is 1. The van der Waals surface area contributed by atoms with Gasteiger partial charge in [-0.15, -0.1) is 0 Å². The van der Waals surface area contributed by atoms with Crippen LogP contribution in [-0.2, 0) is 11.3 Å². The van der Waals surface area contributed by atoms with Crippen molar-refractivity contribution in [3.05, 3.63) is 33.2 Å². The Kier molecular flexibility index (Phi) is 5.45. The predicted molar refractivity (Wildman–Crippen MR) is 83.8 cm³/mol. The summed E-state index contributed by atoms with van der Waals surface area (Å²) >= 11 is 6.13. The molecule has 0 spiro atoms. The van der Waals surface area contributed by atoms with Crippen LogP contribution in [0.2, 0.25) is 5.15 Å². The van der Waals surface area contributed by atoms with Crippen molar-refractivity contribution in [2.45, 2.75) is 52.8 Å². The third-order valence-electron chi connectivity index (χ3n) is 2.73. The number of hydrogen-bond donors (Lipinski definition) is 0. The minimum absolute atomic E-state index is 0.0835. The molecule has 118 valence electrons. The van der Waals surface area contributed by atoms with E-state index in [0.29, 0.717) is 10.8 Å². The molecule has 1 aromatic heterocycles. The fourth-order valence-corrected chi connectivity index (χ4v) is 2.36. The molecular weight excluding hydrogens is 292 g/mol. The van der Waals surface area contributed by atoms with Crippen LogP contribution in [0, 0.1) is 0 Å². The van der Waals surface area contributed by atoms with E-state index in [-0.39, 0.29) is 18.0 Å². The molecule has 0 aromatic carbocycles. The van der Waals surface area contributed by atoms with E-state index in [0.717, 1.165) is 0 Å². The Morgan fingerprint density at radius 1 is 1.38 bits per heavy atom. The molecule has 1 heterocycles. The fourth-order valence-electron chi connectivity index (χ4n) is 1.95. The Balaban J connectivity index is 3.02. The summed E-state index contributed by atoms with van der Waals surface area (Å²) in [6.45, 7) is 9.61. The van der Waals surface area contributed by atoms with Crippen molar-refractivity contribution < 1.29 is 9.53 Å². The van der Waals surface area contributed by atoms with E-state index in [4.69, 9.17) is 16.3 Å². The van der Waals surface area contributed by atoms with Gasteiger partial charge in [-0.05, 0) is 34.6 Å². The van der Waals surface area contributed by atoms with Gasteiger partial charge in [-0.1, -0.05) is 11.6 Å². The Labute approximate surface area is 130 Å². The van der Waals surface area contributed by atoms with Gasteiger partial charge in [0.05, 0.1) is 6.54 Å². The van der Waals surface area contributed by atoms with Crippen LogP contribution >= 0.6 is 11.6 Å². The van der Waals surface area contributed by atoms with Crippen molar-refractivity contribution >= 4 is 17.7 Å². The lowest BCUT2D eigenvalue weighted by Gasteiger charge is -2.26. The van der Waals surface area contributed by atoms with Crippen molar-refractivity contribution in [2.24, 2.45) is 0 Å². The monoisotopic (exact) mass is 314 g/mol. The number of nitrogens with zero attached hydrogens (tertiary/aromatic N) is 2. The highest BCUT2D eigenvalue weighted by atomic mass is 35.5. The lowest BCUT2D eigenvalue weighted by Crippen LogP contribution is -2.35. The molecule has 0 saturated heterocycles. The van der Waals surface area contributed by atoms with Gasteiger partial charge < -0.3 is 14.2 Å². The van der Waals surface area contributed by atoms with Crippen LogP contribution in [0.15, 0.2) is 16.9 Å². The maximum Gasteiger partial charge on any atom is 0.410 e. The lowest BCUT2D eigenvalue weighted by molar-refractivity contribution is 0.0280. The van der Waals surface area contributed by atoms with Crippen molar-refractivity contribution in [1.82, 2.24) is 9.47 Å². The van der Waals surface area contributed by atoms with E-state index in [1.807, 2.05) is 39.2 Å². The maximum atomic E-state index is 12.0. The van der Waals surface area contributed by atoms with Gasteiger partial charge in [0.1, 0.15) is 10.8 Å². The number of hydrogen-bond acceptors (Lipinski definition) is 3. The van der Waals surface area contributed by atoms with Gasteiger partial charge in [-0.25, -0.2) is 4.79 Å². The molecule has 0 aliphatic rings. The summed E-state index contributed by atoms with van der Waals surface area (Å²) in [5.74, 6) is 0. The summed E-state index contributed by atoms with van der Waals surface area (Å²) < 4.78 is 7.12. The highest BCUT2D eigenvalue weighted by Crippen LogP contribution is 2.18. The van der Waals surface area contributed by atoms with Gasteiger partial charge in [0.25, 0.3) is 0 Å². The summed E-state index contributed by atoms with van der Waals surface area (Å²) in [6, 6.07) is 2.95. The quantitative estimate of drug-likeness (QED) is 0.803. The number of carbonyl (C=O) groups excluding carboxylic acids is 1. The second kappa shape index (κ2) is 6.52. The molecule has 1 amide bonds. The van der Waals surface area contributed by atoms with E-state index in [2.05, 4.69) is 0 Å². The topological polar surface area (TPSA) is 51.5 Å². The fraction of sp³-hybridized carbons (Fsp3) is 0.600. The van der Waals surface area contributed by atoms with Crippen LogP contribution in [0.1, 0.15) is 46.4 Å². The molecule has 0 unspecified atom stereocenters. The summed E-state index contributed by atoms with van der Waals surface area (Å²) in [7, 11) is 1.63. The molecule has 0 atom stereocenters. The van der Waals surface area contributed by atoms with Crippen LogP contribution in [0.3, 0.4) is 0 Å². The molecule has 0 aliphatic carbocycles. The Bertz CT molecular complexity index is 573. The van der Waals surface area contributed by atoms with E-state index in [9.17, 15) is 9.59 Å². The zero-order chi connectivity index (χ0) is 16.4. The van der Waals surface area contributed by atoms with Crippen LogP contribution in [0.5, 0.6) is 0 Å². The highest BCUT2D eigenvalue weighted by molar-refractivity contribution is 6.29. The summed E-state index contributed by atoms with van der Waals surface area (Å²) in [4.78, 5) is 25.1. The van der Waals surface area contributed by atoms with Crippen molar-refractivity contribution in [3.8, 4) is 0 Å². The standard InChI is InChI=1S/C15H23ClN2O3/c1-10(2)18-11(7-12(19)8-13(18)16)9-17(6)14(20)21-15(3,4)5/h7-8,10H,9H2,1-6H3. The molecule has 1 aromatic rings. The Morgan fingerprint density at radius 3 is 2.43 bits per heavy atom. The number of pyridine rings is 1. The van der Waals surface area contributed by atoms with Gasteiger partial charge in [-0.3, -0.25) is 4.79 Å².